The Balaban J connectivity index is 1.92. The monoisotopic (exact) mass is 289 g/mol. The molecule has 1 unspecified atom stereocenters. The molecule has 1 atom stereocenters. The molecule has 1 aromatic carbocycles. The van der Waals surface area contributed by atoms with E-state index in [0.717, 1.165) is 24.8 Å². The molecule has 2 rings (SSSR count). The first kappa shape index (κ1) is 16.4. The molecule has 0 heterocycles. The molecule has 118 valence electrons. The minimum atomic E-state index is 0.498. The van der Waals surface area contributed by atoms with E-state index in [1.165, 1.54) is 37.7 Å². The van der Waals surface area contributed by atoms with Crippen LogP contribution in [0.2, 0.25) is 0 Å². The van der Waals surface area contributed by atoms with Gasteiger partial charge in [-0.3, -0.25) is 0 Å². The van der Waals surface area contributed by atoms with Gasteiger partial charge >= 0.3 is 0 Å². The second-order valence-electron chi connectivity index (χ2n) is 6.60. The van der Waals surface area contributed by atoms with Crippen LogP contribution in [0.4, 0.5) is 0 Å². The van der Waals surface area contributed by atoms with Crippen LogP contribution in [0.1, 0.15) is 64.4 Å². The quantitative estimate of drug-likeness (QED) is 0.782. The van der Waals surface area contributed by atoms with Crippen molar-refractivity contribution in [3.8, 4) is 5.75 Å². The number of likely N-dealkylation sites (N-methyl/N-ethyl adjacent to an activating group) is 1. The Morgan fingerprint density at radius 1 is 1.19 bits per heavy atom. The summed E-state index contributed by atoms with van der Waals surface area (Å²) in [5.41, 5.74) is 1.35. The van der Waals surface area contributed by atoms with Crippen molar-refractivity contribution in [3.05, 3.63) is 29.8 Å². The molecule has 1 fully saturated rings. The summed E-state index contributed by atoms with van der Waals surface area (Å²) >= 11 is 0. The van der Waals surface area contributed by atoms with E-state index >= 15 is 0 Å². The molecule has 1 aliphatic carbocycles. The normalized spacial score (nSPS) is 17.9. The standard InChI is InChI=1S/C19H31NO/c1-4-20-19(16-9-6-5-7-10-16)14-21-18-12-8-11-17(13-18)15(2)3/h8,11-13,15-16,19-20H,4-7,9-10,14H2,1-3H3. The number of hydrogen-bond donors (Lipinski definition) is 1. The van der Waals surface area contributed by atoms with Gasteiger partial charge in [0.25, 0.3) is 0 Å². The highest BCUT2D eigenvalue weighted by Crippen LogP contribution is 2.27. The highest BCUT2D eigenvalue weighted by atomic mass is 16.5. The van der Waals surface area contributed by atoms with Crippen molar-refractivity contribution in [3.63, 3.8) is 0 Å². The van der Waals surface area contributed by atoms with Crippen molar-refractivity contribution in [2.45, 2.75) is 64.8 Å². The number of rotatable bonds is 7. The molecule has 2 heteroatoms. The third-order valence-electron chi connectivity index (χ3n) is 4.64. The summed E-state index contributed by atoms with van der Waals surface area (Å²) in [5.74, 6) is 2.35. The van der Waals surface area contributed by atoms with Crippen molar-refractivity contribution >= 4 is 0 Å². The lowest BCUT2D eigenvalue weighted by molar-refractivity contribution is 0.187. The lowest BCUT2D eigenvalue weighted by atomic mass is 9.84. The summed E-state index contributed by atoms with van der Waals surface area (Å²) in [6, 6.07) is 9.05. The van der Waals surface area contributed by atoms with E-state index in [9.17, 15) is 0 Å². The van der Waals surface area contributed by atoms with Gasteiger partial charge in [0, 0.05) is 6.04 Å². The maximum atomic E-state index is 6.10. The van der Waals surface area contributed by atoms with E-state index in [4.69, 9.17) is 4.74 Å². The summed E-state index contributed by atoms with van der Waals surface area (Å²) in [6.45, 7) is 8.46. The first-order valence-corrected chi connectivity index (χ1v) is 8.66. The zero-order chi connectivity index (χ0) is 15.1. The predicted octanol–water partition coefficient (Wildman–Crippen LogP) is 4.75. The predicted molar refractivity (Wildman–Crippen MR) is 90.1 cm³/mol. The van der Waals surface area contributed by atoms with Gasteiger partial charge in [-0.2, -0.15) is 0 Å². The first-order valence-electron chi connectivity index (χ1n) is 8.66. The van der Waals surface area contributed by atoms with Crippen molar-refractivity contribution in [2.75, 3.05) is 13.2 Å². The molecule has 1 aliphatic rings. The van der Waals surface area contributed by atoms with Crippen LogP contribution in [-0.2, 0) is 0 Å². The van der Waals surface area contributed by atoms with Crippen LogP contribution >= 0.6 is 0 Å². The molecular weight excluding hydrogens is 258 g/mol. The molecule has 1 N–H and O–H groups in total. The van der Waals surface area contributed by atoms with Gasteiger partial charge in [-0.05, 0) is 48.9 Å². The van der Waals surface area contributed by atoms with Crippen LogP contribution in [0.3, 0.4) is 0 Å². The number of benzene rings is 1. The molecule has 0 aliphatic heterocycles. The molecule has 21 heavy (non-hydrogen) atoms. The average Bonchev–Trinajstić information content (AvgIpc) is 2.52. The highest BCUT2D eigenvalue weighted by Gasteiger charge is 2.23. The zero-order valence-electron chi connectivity index (χ0n) is 13.9. The Labute approximate surface area is 130 Å². The third kappa shape index (κ3) is 5.03. The van der Waals surface area contributed by atoms with E-state index < -0.39 is 0 Å². The van der Waals surface area contributed by atoms with Gasteiger partial charge in [0.05, 0.1) is 0 Å². The second-order valence-corrected chi connectivity index (χ2v) is 6.60. The summed E-state index contributed by atoms with van der Waals surface area (Å²) in [5, 5.41) is 3.63. The van der Waals surface area contributed by atoms with Gasteiger partial charge in [0.1, 0.15) is 12.4 Å². The number of ether oxygens (including phenoxy) is 1. The Morgan fingerprint density at radius 3 is 2.62 bits per heavy atom. The summed E-state index contributed by atoms with van der Waals surface area (Å²) in [4.78, 5) is 0. The highest BCUT2D eigenvalue weighted by molar-refractivity contribution is 5.30. The van der Waals surface area contributed by atoms with Gasteiger partial charge < -0.3 is 10.1 Å². The zero-order valence-corrected chi connectivity index (χ0v) is 13.9. The lowest BCUT2D eigenvalue weighted by Gasteiger charge is -2.30. The fourth-order valence-electron chi connectivity index (χ4n) is 3.31. The number of nitrogens with one attached hydrogen (secondary N) is 1. The van der Waals surface area contributed by atoms with Gasteiger partial charge in [-0.25, -0.2) is 0 Å². The average molecular weight is 289 g/mol. The lowest BCUT2D eigenvalue weighted by Crippen LogP contribution is -2.41. The van der Waals surface area contributed by atoms with E-state index in [1.807, 2.05) is 0 Å². The Morgan fingerprint density at radius 2 is 1.95 bits per heavy atom. The molecule has 0 radical (unpaired) electrons. The van der Waals surface area contributed by atoms with Crippen molar-refractivity contribution in [1.29, 1.82) is 0 Å². The van der Waals surface area contributed by atoms with Crippen LogP contribution in [0.5, 0.6) is 5.75 Å². The molecule has 0 aromatic heterocycles. The summed E-state index contributed by atoms with van der Waals surface area (Å²) in [7, 11) is 0. The minimum Gasteiger partial charge on any atom is -0.492 e. The van der Waals surface area contributed by atoms with Crippen LogP contribution in [-0.4, -0.2) is 19.2 Å². The first-order chi connectivity index (χ1) is 10.2. The molecule has 0 bridgehead atoms. The molecule has 0 amide bonds. The topological polar surface area (TPSA) is 21.3 Å². The van der Waals surface area contributed by atoms with Gasteiger partial charge in [0.15, 0.2) is 0 Å². The van der Waals surface area contributed by atoms with Crippen molar-refractivity contribution < 1.29 is 4.74 Å². The van der Waals surface area contributed by atoms with E-state index in [2.05, 4.69) is 50.4 Å². The van der Waals surface area contributed by atoms with Crippen molar-refractivity contribution in [1.82, 2.24) is 5.32 Å². The second kappa shape index (κ2) is 8.43. The van der Waals surface area contributed by atoms with Gasteiger partial charge in [0.2, 0.25) is 0 Å². The molecule has 1 saturated carbocycles. The Bertz CT molecular complexity index is 410. The summed E-state index contributed by atoms with van der Waals surface area (Å²) in [6.07, 6.45) is 6.89. The molecule has 1 aromatic rings. The smallest absolute Gasteiger partial charge is 0.119 e. The molecular formula is C19H31NO. The van der Waals surface area contributed by atoms with E-state index in [0.29, 0.717) is 12.0 Å². The maximum Gasteiger partial charge on any atom is 0.119 e. The van der Waals surface area contributed by atoms with Crippen molar-refractivity contribution in [2.24, 2.45) is 5.92 Å². The van der Waals surface area contributed by atoms with Crippen LogP contribution in [0.15, 0.2) is 24.3 Å². The fourth-order valence-corrected chi connectivity index (χ4v) is 3.31. The van der Waals surface area contributed by atoms with Crippen LogP contribution < -0.4 is 10.1 Å². The fraction of sp³-hybridized carbons (Fsp3) is 0.684. The van der Waals surface area contributed by atoms with E-state index in [-0.39, 0.29) is 0 Å². The van der Waals surface area contributed by atoms with Gasteiger partial charge in [-0.15, -0.1) is 0 Å². The Hall–Kier alpha value is -1.02. The third-order valence-corrected chi connectivity index (χ3v) is 4.64. The number of hydrogen-bond acceptors (Lipinski definition) is 2. The molecule has 0 saturated heterocycles. The largest absolute Gasteiger partial charge is 0.492 e. The van der Waals surface area contributed by atoms with Crippen LogP contribution in [0.25, 0.3) is 0 Å². The minimum absolute atomic E-state index is 0.498. The van der Waals surface area contributed by atoms with Crippen LogP contribution in [0, 0.1) is 5.92 Å². The molecule has 2 nitrogen and oxygen atoms in total. The van der Waals surface area contributed by atoms with Gasteiger partial charge in [-0.1, -0.05) is 52.2 Å². The SMILES string of the molecule is CCNC(COc1cccc(C(C)C)c1)C1CCCCC1. The molecule has 0 spiro atoms. The Kier molecular flexibility index (Phi) is 6.56. The van der Waals surface area contributed by atoms with E-state index in [1.54, 1.807) is 0 Å². The summed E-state index contributed by atoms with van der Waals surface area (Å²) < 4.78 is 6.10. The maximum absolute atomic E-state index is 6.10.